The number of amides is 1. The number of rotatable bonds is 3. The number of nitrogens with zero attached hydrogens (tertiary/aromatic N) is 1. The first-order valence-corrected chi connectivity index (χ1v) is 7.18. The number of hydrogen-bond acceptors (Lipinski definition) is 1. The molecule has 3 nitrogen and oxygen atoms in total. The summed E-state index contributed by atoms with van der Waals surface area (Å²) in [5, 5.41) is 3.38. The highest BCUT2D eigenvalue weighted by Gasteiger charge is 2.60. The van der Waals surface area contributed by atoms with Gasteiger partial charge in [0.05, 0.1) is 21.1 Å². The number of carbonyl (C=O) groups is 1. The Kier molecular flexibility index (Phi) is 3.05. The molecule has 18 heavy (non-hydrogen) atoms. The van der Waals surface area contributed by atoms with Gasteiger partial charge >= 0.3 is 0 Å². The maximum Gasteiger partial charge on any atom is 0.275 e. The smallest absolute Gasteiger partial charge is 0.275 e. The summed E-state index contributed by atoms with van der Waals surface area (Å²) in [5.74, 6) is 1.66. The molecule has 2 rings (SSSR count). The Bertz CT molecular complexity index is 356. The van der Waals surface area contributed by atoms with Crippen LogP contribution in [0.5, 0.6) is 0 Å². The zero-order chi connectivity index (χ0) is 13.8. The minimum Gasteiger partial charge on any atom is -0.345 e. The average molecular weight is 253 g/mol. The van der Waals surface area contributed by atoms with Gasteiger partial charge in [-0.2, -0.15) is 0 Å². The topological polar surface area (TPSA) is 29.1 Å². The maximum atomic E-state index is 12.3. The van der Waals surface area contributed by atoms with Crippen LogP contribution in [0.2, 0.25) is 0 Å². The fraction of sp³-hybridized carbons (Fsp3) is 0.933. The first-order chi connectivity index (χ1) is 8.06. The van der Waals surface area contributed by atoms with Crippen molar-refractivity contribution in [3.63, 3.8) is 0 Å². The molecule has 0 saturated heterocycles. The van der Waals surface area contributed by atoms with E-state index in [1.165, 1.54) is 19.3 Å². The molecular weight excluding hydrogens is 224 g/mol. The minimum absolute atomic E-state index is 0.0117. The molecule has 1 amide bonds. The Hall–Kier alpha value is -0.570. The van der Waals surface area contributed by atoms with Crippen LogP contribution in [0.25, 0.3) is 0 Å². The first kappa shape index (κ1) is 13.9. The summed E-state index contributed by atoms with van der Waals surface area (Å²) >= 11 is 0. The van der Waals surface area contributed by atoms with Gasteiger partial charge in [-0.1, -0.05) is 13.8 Å². The molecule has 1 N–H and O–H groups in total. The second-order valence-electron chi connectivity index (χ2n) is 8.13. The summed E-state index contributed by atoms with van der Waals surface area (Å²) in [6.45, 7) is 7.50. The van der Waals surface area contributed by atoms with E-state index < -0.39 is 0 Å². The van der Waals surface area contributed by atoms with E-state index in [0.29, 0.717) is 16.9 Å². The molecular formula is C15H29N2O+. The highest BCUT2D eigenvalue weighted by molar-refractivity contribution is 5.78. The third kappa shape index (κ3) is 2.07. The second kappa shape index (κ2) is 3.96. The van der Waals surface area contributed by atoms with E-state index in [0.717, 1.165) is 5.92 Å². The van der Waals surface area contributed by atoms with E-state index in [-0.39, 0.29) is 16.9 Å². The number of likely N-dealkylation sites (N-methyl/N-ethyl adjacent to an activating group) is 1. The van der Waals surface area contributed by atoms with Crippen LogP contribution in [-0.4, -0.2) is 43.6 Å². The molecule has 2 aliphatic carbocycles. The summed E-state index contributed by atoms with van der Waals surface area (Å²) in [7, 11) is 6.19. The highest BCUT2D eigenvalue weighted by Crippen LogP contribution is 2.61. The average Bonchev–Trinajstić information content (AvgIpc) is 2.66. The number of carbonyl (C=O) groups excluding carboxylic acids is 1. The third-order valence-corrected chi connectivity index (χ3v) is 5.63. The van der Waals surface area contributed by atoms with E-state index in [9.17, 15) is 4.79 Å². The molecule has 2 fully saturated rings. The van der Waals surface area contributed by atoms with Gasteiger partial charge in [0.25, 0.3) is 5.91 Å². The molecule has 0 unspecified atom stereocenters. The fourth-order valence-corrected chi connectivity index (χ4v) is 4.13. The van der Waals surface area contributed by atoms with Crippen molar-refractivity contribution < 1.29 is 9.28 Å². The van der Waals surface area contributed by atoms with Crippen molar-refractivity contribution in [1.82, 2.24) is 5.32 Å². The van der Waals surface area contributed by atoms with Crippen LogP contribution in [0.4, 0.5) is 0 Å². The Morgan fingerprint density at radius 2 is 1.72 bits per heavy atom. The molecule has 2 aliphatic rings. The van der Waals surface area contributed by atoms with E-state index >= 15 is 0 Å². The minimum atomic E-state index is -0.0117. The lowest BCUT2D eigenvalue weighted by atomic mass is 9.64. The van der Waals surface area contributed by atoms with E-state index in [4.69, 9.17) is 0 Å². The zero-order valence-corrected chi connectivity index (χ0v) is 12.8. The summed E-state index contributed by atoms with van der Waals surface area (Å²) in [6.07, 6.45) is 3.93. The van der Waals surface area contributed by atoms with E-state index in [2.05, 4.69) is 47.2 Å². The van der Waals surface area contributed by atoms with Gasteiger partial charge in [0, 0.05) is 5.54 Å². The third-order valence-electron chi connectivity index (χ3n) is 5.63. The number of quaternary nitrogens is 1. The Balaban J connectivity index is 2.10. The summed E-state index contributed by atoms with van der Waals surface area (Å²) < 4.78 is 0.691. The monoisotopic (exact) mass is 253 g/mol. The van der Waals surface area contributed by atoms with Gasteiger partial charge in [0.2, 0.25) is 0 Å². The summed E-state index contributed by atoms with van der Waals surface area (Å²) in [5.41, 5.74) is 0.221. The fourth-order valence-electron chi connectivity index (χ4n) is 4.13. The molecule has 0 spiro atoms. The van der Waals surface area contributed by atoms with Crippen LogP contribution < -0.4 is 5.32 Å². The molecule has 0 radical (unpaired) electrons. The van der Waals surface area contributed by atoms with Crippen LogP contribution in [0.15, 0.2) is 0 Å². The standard InChI is InChI=1S/C15H28N2O/c1-14(2)11-7-8-12(9-11)15(14,3)16-13(18)10-17(4,5)6/h11-12H,7-10H2,1-6H3/p+1/t11-,12-,15-/m1/s1. The van der Waals surface area contributed by atoms with Crippen molar-refractivity contribution in [3.8, 4) is 0 Å². The molecule has 0 heterocycles. The SMILES string of the molecule is CC1(C)[C@@H]2CC[C@H](C2)[C@@]1(C)NC(=O)C[N+](C)(C)C. The maximum absolute atomic E-state index is 12.3. The van der Waals surface area contributed by atoms with E-state index in [1.807, 2.05) is 0 Å². The van der Waals surface area contributed by atoms with E-state index in [1.54, 1.807) is 0 Å². The molecule has 2 saturated carbocycles. The second-order valence-corrected chi connectivity index (χ2v) is 8.13. The van der Waals surface area contributed by atoms with Gasteiger partial charge in [-0.05, 0) is 43.4 Å². The molecule has 104 valence electrons. The number of fused-ring (bicyclic) bond motifs is 2. The van der Waals surface area contributed by atoms with Gasteiger partial charge in [-0.25, -0.2) is 0 Å². The normalized spacial score (nSPS) is 37.9. The predicted octanol–water partition coefficient (Wildman–Crippen LogP) is 2.02. The van der Waals surface area contributed by atoms with Crippen molar-refractivity contribution in [3.05, 3.63) is 0 Å². The quantitative estimate of drug-likeness (QED) is 0.766. The Morgan fingerprint density at radius 1 is 1.17 bits per heavy atom. The molecule has 0 aromatic carbocycles. The largest absolute Gasteiger partial charge is 0.345 e. The van der Waals surface area contributed by atoms with Crippen molar-refractivity contribution in [2.24, 2.45) is 17.3 Å². The van der Waals surface area contributed by atoms with Crippen molar-refractivity contribution in [1.29, 1.82) is 0 Å². The highest BCUT2D eigenvalue weighted by atomic mass is 16.2. The number of nitrogens with one attached hydrogen (secondary N) is 1. The van der Waals surface area contributed by atoms with Crippen LogP contribution in [0.1, 0.15) is 40.0 Å². The van der Waals surface area contributed by atoms with Crippen molar-refractivity contribution in [2.75, 3.05) is 27.7 Å². The Labute approximate surface area is 112 Å². The lowest BCUT2D eigenvalue weighted by Crippen LogP contribution is -2.61. The lowest BCUT2D eigenvalue weighted by molar-refractivity contribution is -0.862. The summed E-state index contributed by atoms with van der Waals surface area (Å²) in [6, 6.07) is 0. The molecule has 0 aromatic rings. The zero-order valence-electron chi connectivity index (χ0n) is 12.8. The molecule has 0 aromatic heterocycles. The van der Waals surface area contributed by atoms with Crippen LogP contribution in [-0.2, 0) is 4.79 Å². The predicted molar refractivity (Wildman–Crippen MR) is 74.1 cm³/mol. The van der Waals surface area contributed by atoms with Gasteiger partial charge in [0.15, 0.2) is 6.54 Å². The molecule has 3 atom stereocenters. The summed E-state index contributed by atoms with van der Waals surface area (Å²) in [4.78, 5) is 12.3. The Morgan fingerprint density at radius 3 is 2.17 bits per heavy atom. The van der Waals surface area contributed by atoms with Gasteiger partial charge in [-0.3, -0.25) is 4.79 Å². The van der Waals surface area contributed by atoms with Crippen molar-refractivity contribution >= 4 is 5.91 Å². The molecule has 0 aliphatic heterocycles. The molecule has 2 bridgehead atoms. The van der Waals surface area contributed by atoms with Gasteiger partial charge in [-0.15, -0.1) is 0 Å². The lowest BCUT2D eigenvalue weighted by Gasteiger charge is -2.48. The first-order valence-electron chi connectivity index (χ1n) is 7.18. The van der Waals surface area contributed by atoms with Crippen molar-refractivity contribution in [2.45, 2.75) is 45.6 Å². The van der Waals surface area contributed by atoms with Gasteiger partial charge < -0.3 is 9.80 Å². The van der Waals surface area contributed by atoms with Gasteiger partial charge in [0.1, 0.15) is 0 Å². The van der Waals surface area contributed by atoms with Crippen LogP contribution in [0, 0.1) is 17.3 Å². The van der Waals surface area contributed by atoms with Crippen LogP contribution in [0.3, 0.4) is 0 Å². The molecule has 3 heteroatoms. The van der Waals surface area contributed by atoms with Crippen LogP contribution >= 0.6 is 0 Å². The number of hydrogen-bond donors (Lipinski definition) is 1.